The van der Waals surface area contributed by atoms with Gasteiger partial charge in [0.2, 0.25) is 21.8 Å². The van der Waals surface area contributed by atoms with Gasteiger partial charge in [0, 0.05) is 51.4 Å². The number of benzene rings is 3. The summed E-state index contributed by atoms with van der Waals surface area (Å²) in [7, 11) is -0.787. The third-order valence-electron chi connectivity index (χ3n) is 6.94. The fraction of sp³-hybridized carbons (Fsp3) is 0.310. The Hall–Kier alpha value is -3.94. The lowest BCUT2D eigenvalue weighted by Gasteiger charge is -2.34. The van der Waals surface area contributed by atoms with E-state index in [2.05, 4.69) is 5.32 Å². The van der Waals surface area contributed by atoms with Crippen molar-refractivity contribution in [3.8, 4) is 5.75 Å². The average molecular weight is 605 g/mol. The molecule has 0 aromatic heterocycles. The van der Waals surface area contributed by atoms with E-state index in [-0.39, 0.29) is 49.6 Å². The van der Waals surface area contributed by atoms with Crippen LogP contribution in [-0.4, -0.2) is 82.4 Å². The first-order chi connectivity index (χ1) is 20.0. The van der Waals surface area contributed by atoms with Gasteiger partial charge < -0.3 is 15.0 Å². The molecule has 0 spiro atoms. The van der Waals surface area contributed by atoms with Crippen LogP contribution < -0.4 is 15.0 Å². The molecule has 224 valence electrons. The van der Waals surface area contributed by atoms with Gasteiger partial charge in [-0.1, -0.05) is 0 Å². The Labute approximate surface area is 242 Å². The monoisotopic (exact) mass is 604 g/mol. The van der Waals surface area contributed by atoms with Crippen molar-refractivity contribution in [2.45, 2.75) is 17.4 Å². The third kappa shape index (κ3) is 7.66. The molecule has 3 aromatic carbocycles. The summed E-state index contributed by atoms with van der Waals surface area (Å²) in [4.78, 5) is 29.6. The Kier molecular flexibility index (Phi) is 9.86. The van der Waals surface area contributed by atoms with E-state index in [0.29, 0.717) is 11.4 Å². The van der Waals surface area contributed by atoms with Crippen molar-refractivity contribution in [3.05, 3.63) is 89.7 Å². The summed E-state index contributed by atoms with van der Waals surface area (Å²) in [5.41, 5.74) is 0.706. The summed E-state index contributed by atoms with van der Waals surface area (Å²) in [5, 5.41) is 2.69. The van der Waals surface area contributed by atoms with Crippen molar-refractivity contribution in [3.63, 3.8) is 0 Å². The molecule has 1 N–H and O–H groups in total. The Morgan fingerprint density at radius 3 is 2.07 bits per heavy atom. The van der Waals surface area contributed by atoms with Crippen LogP contribution in [0.2, 0.25) is 0 Å². The number of sulfonamides is 1. The molecule has 1 heterocycles. The summed E-state index contributed by atoms with van der Waals surface area (Å²) >= 11 is 0. The number of halogens is 3. The number of anilines is 1. The standard InChI is InChI=1S/C29H31F3N4O5S/c1-34(24-5-7-25(41-2)8-6-24)29(38)27(17-20-15-22(31)18-23(32)16-20)33-28(37)19-35-11-13-36(14-12-35)42(39,40)26-9-3-21(30)4-10-26/h3-10,15-16,18,27H,11-14,17,19H2,1-2H3,(H,33,37)/t27-/m0/s1. The number of nitrogens with zero attached hydrogens (tertiary/aromatic N) is 3. The summed E-state index contributed by atoms with van der Waals surface area (Å²) < 4.78 is 73.2. The van der Waals surface area contributed by atoms with E-state index >= 15 is 0 Å². The Balaban J connectivity index is 1.42. The molecule has 13 heteroatoms. The number of methoxy groups -OCH3 is 1. The molecule has 9 nitrogen and oxygen atoms in total. The molecule has 4 rings (SSSR count). The molecule has 3 aromatic rings. The highest BCUT2D eigenvalue weighted by molar-refractivity contribution is 7.89. The molecular formula is C29H31F3N4O5S. The van der Waals surface area contributed by atoms with Crippen molar-refractivity contribution in [2.24, 2.45) is 0 Å². The number of likely N-dealkylation sites (N-methyl/N-ethyl adjacent to an activating group) is 1. The minimum absolute atomic E-state index is 0.0220. The number of rotatable bonds is 10. The SMILES string of the molecule is COc1ccc(N(C)C(=O)[C@H](Cc2cc(F)cc(F)c2)NC(=O)CN2CCN(S(=O)(=O)c3ccc(F)cc3)CC2)cc1. The number of ether oxygens (including phenoxy) is 1. The Bertz CT molecular complexity index is 1490. The van der Waals surface area contributed by atoms with Crippen molar-refractivity contribution in [1.82, 2.24) is 14.5 Å². The van der Waals surface area contributed by atoms with E-state index in [1.807, 2.05) is 0 Å². The van der Waals surface area contributed by atoms with Gasteiger partial charge in [0.1, 0.15) is 29.2 Å². The zero-order valence-electron chi connectivity index (χ0n) is 23.1. The zero-order valence-corrected chi connectivity index (χ0v) is 23.9. The quantitative estimate of drug-likeness (QED) is 0.382. The molecule has 1 atom stereocenters. The van der Waals surface area contributed by atoms with Crippen molar-refractivity contribution in [1.29, 1.82) is 0 Å². The zero-order chi connectivity index (χ0) is 30.4. The van der Waals surface area contributed by atoms with Crippen LogP contribution in [0.15, 0.2) is 71.6 Å². The maximum atomic E-state index is 13.9. The molecular weight excluding hydrogens is 573 g/mol. The minimum Gasteiger partial charge on any atom is -0.497 e. The Morgan fingerprint density at radius 2 is 1.50 bits per heavy atom. The van der Waals surface area contributed by atoms with Crippen molar-refractivity contribution < 1.29 is 35.9 Å². The molecule has 0 aliphatic carbocycles. The second-order valence-electron chi connectivity index (χ2n) is 9.83. The number of carbonyl (C=O) groups excluding carboxylic acids is 2. The molecule has 0 saturated carbocycles. The fourth-order valence-electron chi connectivity index (χ4n) is 4.66. The smallest absolute Gasteiger partial charge is 0.249 e. The van der Waals surface area contributed by atoms with Crippen LogP contribution in [0, 0.1) is 17.5 Å². The predicted molar refractivity (Wildman–Crippen MR) is 150 cm³/mol. The van der Waals surface area contributed by atoms with Gasteiger partial charge >= 0.3 is 0 Å². The topological polar surface area (TPSA) is 99.3 Å². The molecule has 1 saturated heterocycles. The first-order valence-corrected chi connectivity index (χ1v) is 14.5. The van der Waals surface area contributed by atoms with Crippen LogP contribution in [-0.2, 0) is 26.0 Å². The van der Waals surface area contributed by atoms with E-state index in [0.717, 1.165) is 30.3 Å². The number of carbonyl (C=O) groups is 2. The summed E-state index contributed by atoms with van der Waals surface area (Å²) in [6, 6.07) is 13.0. The largest absolute Gasteiger partial charge is 0.497 e. The molecule has 1 aliphatic rings. The van der Waals surface area contributed by atoms with Crippen LogP contribution in [0.4, 0.5) is 18.9 Å². The molecule has 1 aliphatic heterocycles. The van der Waals surface area contributed by atoms with Crippen LogP contribution in [0.25, 0.3) is 0 Å². The predicted octanol–water partition coefficient (Wildman–Crippen LogP) is 2.81. The second-order valence-corrected chi connectivity index (χ2v) is 11.8. The average Bonchev–Trinajstić information content (AvgIpc) is 2.96. The van der Waals surface area contributed by atoms with Gasteiger partial charge in [-0.15, -0.1) is 0 Å². The van der Waals surface area contributed by atoms with E-state index in [1.165, 1.54) is 35.5 Å². The van der Waals surface area contributed by atoms with Crippen LogP contribution in [0.5, 0.6) is 5.75 Å². The van der Waals surface area contributed by atoms with E-state index in [4.69, 9.17) is 4.74 Å². The Morgan fingerprint density at radius 1 is 0.905 bits per heavy atom. The van der Waals surface area contributed by atoms with Crippen molar-refractivity contribution >= 4 is 27.5 Å². The summed E-state index contributed by atoms with van der Waals surface area (Å²) in [5.74, 6) is -2.58. The van der Waals surface area contributed by atoms with Crippen LogP contribution in [0.1, 0.15) is 5.56 Å². The fourth-order valence-corrected chi connectivity index (χ4v) is 6.08. The third-order valence-corrected chi connectivity index (χ3v) is 8.85. The highest BCUT2D eigenvalue weighted by Gasteiger charge is 2.31. The van der Waals surface area contributed by atoms with Gasteiger partial charge in [0.25, 0.3) is 0 Å². The lowest BCUT2D eigenvalue weighted by Crippen LogP contribution is -2.54. The van der Waals surface area contributed by atoms with E-state index in [1.54, 1.807) is 29.2 Å². The van der Waals surface area contributed by atoms with Crippen LogP contribution >= 0.6 is 0 Å². The first-order valence-electron chi connectivity index (χ1n) is 13.1. The first kappa shape index (κ1) is 31.0. The molecule has 0 radical (unpaired) electrons. The minimum atomic E-state index is -3.82. The van der Waals surface area contributed by atoms with Gasteiger partial charge in [-0.2, -0.15) is 4.31 Å². The number of hydrogen-bond acceptors (Lipinski definition) is 6. The maximum Gasteiger partial charge on any atom is 0.249 e. The van der Waals surface area contributed by atoms with Gasteiger partial charge in [-0.05, 0) is 66.2 Å². The molecule has 0 bridgehead atoms. The number of amides is 2. The molecule has 1 fully saturated rings. The molecule has 2 amide bonds. The van der Waals surface area contributed by atoms with E-state index < -0.39 is 45.3 Å². The number of nitrogens with one attached hydrogen (secondary N) is 1. The van der Waals surface area contributed by atoms with Gasteiger partial charge in [-0.25, -0.2) is 21.6 Å². The number of hydrogen-bond donors (Lipinski definition) is 1. The highest BCUT2D eigenvalue weighted by atomic mass is 32.2. The van der Waals surface area contributed by atoms with E-state index in [9.17, 15) is 31.2 Å². The molecule has 0 unspecified atom stereocenters. The lowest BCUT2D eigenvalue weighted by atomic mass is 10.0. The van der Waals surface area contributed by atoms with Crippen LogP contribution in [0.3, 0.4) is 0 Å². The molecule has 42 heavy (non-hydrogen) atoms. The maximum absolute atomic E-state index is 13.9. The second kappa shape index (κ2) is 13.4. The van der Waals surface area contributed by atoms with Gasteiger partial charge in [-0.3, -0.25) is 14.5 Å². The van der Waals surface area contributed by atoms with Gasteiger partial charge in [0.05, 0.1) is 18.6 Å². The summed E-state index contributed by atoms with van der Waals surface area (Å²) in [6.07, 6.45) is -0.163. The normalized spacial score (nSPS) is 15.2. The lowest BCUT2D eigenvalue weighted by molar-refractivity contribution is -0.128. The van der Waals surface area contributed by atoms with Crippen molar-refractivity contribution in [2.75, 3.05) is 51.8 Å². The highest BCUT2D eigenvalue weighted by Crippen LogP contribution is 2.21. The number of piperazine rings is 1. The van der Waals surface area contributed by atoms with Gasteiger partial charge in [0.15, 0.2) is 0 Å². The summed E-state index contributed by atoms with van der Waals surface area (Å²) in [6.45, 7) is 0.578.